The lowest BCUT2D eigenvalue weighted by molar-refractivity contribution is 0.0698. The van der Waals surface area contributed by atoms with E-state index in [1.807, 2.05) is 11.4 Å². The maximum Gasteiger partial charge on any atom is 0.264 e. The second kappa shape index (κ2) is 4.42. The fourth-order valence-corrected chi connectivity index (χ4v) is 4.25. The summed E-state index contributed by atoms with van der Waals surface area (Å²) in [6.07, 6.45) is 0. The summed E-state index contributed by atoms with van der Waals surface area (Å²) in [5.41, 5.74) is 0. The third-order valence-electron chi connectivity index (χ3n) is 3.35. The first-order chi connectivity index (χ1) is 7.93. The minimum atomic E-state index is -3.04. The first-order valence-corrected chi connectivity index (χ1v) is 8.09. The van der Waals surface area contributed by atoms with Crippen LogP contribution in [-0.4, -0.2) is 42.8 Å². The van der Waals surface area contributed by atoms with Gasteiger partial charge in [-0.05, 0) is 25.3 Å². The molecular formula is C11H15NO3S2. The number of carbonyl (C=O) groups excluding carboxylic acids is 1. The molecule has 17 heavy (non-hydrogen) atoms. The van der Waals surface area contributed by atoms with Crippen LogP contribution in [0.25, 0.3) is 0 Å². The molecule has 0 spiro atoms. The largest absolute Gasteiger partial charge is 0.333 e. The van der Waals surface area contributed by atoms with Gasteiger partial charge in [0.25, 0.3) is 5.91 Å². The summed E-state index contributed by atoms with van der Waals surface area (Å²) in [4.78, 5) is 14.5. The highest BCUT2D eigenvalue weighted by Gasteiger charge is 2.38. The van der Waals surface area contributed by atoms with Crippen molar-refractivity contribution in [1.29, 1.82) is 0 Å². The van der Waals surface area contributed by atoms with Crippen molar-refractivity contribution in [3.05, 3.63) is 22.4 Å². The minimum absolute atomic E-state index is 0.0609. The van der Waals surface area contributed by atoms with E-state index in [2.05, 4.69) is 0 Å². The zero-order valence-corrected chi connectivity index (χ0v) is 11.4. The molecule has 1 fully saturated rings. The Bertz CT molecular complexity index is 507. The molecule has 1 aliphatic rings. The lowest BCUT2D eigenvalue weighted by atomic mass is 10.2. The van der Waals surface area contributed by atoms with Gasteiger partial charge in [-0.2, -0.15) is 0 Å². The van der Waals surface area contributed by atoms with Gasteiger partial charge < -0.3 is 4.90 Å². The molecule has 2 heterocycles. The van der Waals surface area contributed by atoms with Gasteiger partial charge in [-0.25, -0.2) is 8.42 Å². The van der Waals surface area contributed by atoms with E-state index in [0.29, 0.717) is 11.4 Å². The van der Waals surface area contributed by atoms with Gasteiger partial charge in [0, 0.05) is 12.6 Å². The highest BCUT2D eigenvalue weighted by atomic mass is 32.2. The molecule has 94 valence electrons. The normalized spacial score (nSPS) is 28.0. The summed E-state index contributed by atoms with van der Waals surface area (Å²) in [7, 11) is -3.04. The van der Waals surface area contributed by atoms with Gasteiger partial charge in [-0.1, -0.05) is 6.07 Å². The quantitative estimate of drug-likeness (QED) is 0.777. The van der Waals surface area contributed by atoms with E-state index in [9.17, 15) is 13.2 Å². The predicted molar refractivity (Wildman–Crippen MR) is 68.1 cm³/mol. The van der Waals surface area contributed by atoms with Gasteiger partial charge in [0.2, 0.25) is 0 Å². The van der Waals surface area contributed by atoms with Crippen molar-refractivity contribution in [3.63, 3.8) is 0 Å². The van der Waals surface area contributed by atoms with Crippen molar-refractivity contribution in [1.82, 2.24) is 4.90 Å². The van der Waals surface area contributed by atoms with E-state index >= 15 is 0 Å². The van der Waals surface area contributed by atoms with Gasteiger partial charge in [-0.15, -0.1) is 11.3 Å². The van der Waals surface area contributed by atoms with E-state index < -0.39 is 15.1 Å². The summed E-state index contributed by atoms with van der Waals surface area (Å²) in [6.45, 7) is 3.77. The summed E-state index contributed by atoms with van der Waals surface area (Å²) in [5.74, 6) is 0.00422. The molecule has 1 saturated heterocycles. The Hall–Kier alpha value is -0.880. The number of nitrogens with zero attached hydrogens (tertiary/aromatic N) is 1. The van der Waals surface area contributed by atoms with Crippen LogP contribution in [0.1, 0.15) is 23.5 Å². The highest BCUT2D eigenvalue weighted by molar-refractivity contribution is 7.92. The lowest BCUT2D eigenvalue weighted by Crippen LogP contribution is -2.54. The average Bonchev–Trinajstić information content (AvgIpc) is 2.79. The van der Waals surface area contributed by atoms with E-state index in [1.54, 1.807) is 24.8 Å². The van der Waals surface area contributed by atoms with E-state index in [4.69, 9.17) is 0 Å². The van der Waals surface area contributed by atoms with E-state index in [0.717, 1.165) is 0 Å². The number of sulfone groups is 1. The van der Waals surface area contributed by atoms with Gasteiger partial charge in [0.15, 0.2) is 9.84 Å². The number of hydrogen-bond acceptors (Lipinski definition) is 4. The molecule has 0 aromatic carbocycles. The highest BCUT2D eigenvalue weighted by Crippen LogP contribution is 2.22. The Labute approximate surface area is 105 Å². The molecular weight excluding hydrogens is 258 g/mol. The number of hydrogen-bond donors (Lipinski definition) is 0. The number of carbonyl (C=O) groups is 1. The first-order valence-electron chi connectivity index (χ1n) is 5.49. The van der Waals surface area contributed by atoms with Gasteiger partial charge >= 0.3 is 0 Å². The van der Waals surface area contributed by atoms with Crippen molar-refractivity contribution < 1.29 is 13.2 Å². The van der Waals surface area contributed by atoms with E-state index in [1.165, 1.54) is 11.3 Å². The Morgan fingerprint density at radius 3 is 2.76 bits per heavy atom. The van der Waals surface area contributed by atoms with Crippen molar-refractivity contribution >= 4 is 27.1 Å². The Kier molecular flexibility index (Phi) is 3.27. The second-order valence-electron chi connectivity index (χ2n) is 4.29. The van der Waals surface area contributed by atoms with Crippen LogP contribution in [0.3, 0.4) is 0 Å². The van der Waals surface area contributed by atoms with Crippen LogP contribution in [-0.2, 0) is 9.84 Å². The molecule has 0 N–H and O–H groups in total. The van der Waals surface area contributed by atoms with Crippen molar-refractivity contribution in [2.75, 3.05) is 12.3 Å². The average molecular weight is 273 g/mol. The fraction of sp³-hybridized carbons (Fsp3) is 0.545. The molecule has 1 amide bonds. The zero-order valence-electron chi connectivity index (χ0n) is 9.79. The fourth-order valence-electron chi connectivity index (χ4n) is 2.00. The molecule has 1 aliphatic heterocycles. The summed E-state index contributed by atoms with van der Waals surface area (Å²) in [5, 5.41) is 1.36. The third-order valence-corrected chi connectivity index (χ3v) is 6.48. The molecule has 4 nitrogen and oxygen atoms in total. The van der Waals surface area contributed by atoms with Crippen molar-refractivity contribution in [2.24, 2.45) is 0 Å². The first kappa shape index (κ1) is 12.6. The lowest BCUT2D eigenvalue weighted by Gasteiger charge is -2.37. The monoisotopic (exact) mass is 273 g/mol. The molecule has 0 radical (unpaired) electrons. The molecule has 2 unspecified atom stereocenters. The van der Waals surface area contributed by atoms with Crippen molar-refractivity contribution in [2.45, 2.75) is 25.1 Å². The van der Waals surface area contributed by atoms with Crippen LogP contribution >= 0.6 is 11.3 Å². The Morgan fingerprint density at radius 1 is 1.47 bits per heavy atom. The van der Waals surface area contributed by atoms with Gasteiger partial charge in [0.1, 0.15) is 0 Å². The topological polar surface area (TPSA) is 54.5 Å². The number of amides is 1. The van der Waals surface area contributed by atoms with Crippen molar-refractivity contribution in [3.8, 4) is 0 Å². The number of thiophene rings is 1. The summed E-state index contributed by atoms with van der Waals surface area (Å²) in [6, 6.07) is 3.34. The molecule has 0 saturated carbocycles. The second-order valence-corrected chi connectivity index (χ2v) is 7.71. The zero-order chi connectivity index (χ0) is 12.6. The third kappa shape index (κ3) is 2.24. The van der Waals surface area contributed by atoms with E-state index in [-0.39, 0.29) is 17.7 Å². The minimum Gasteiger partial charge on any atom is -0.333 e. The molecule has 0 aliphatic carbocycles. The standard InChI is InChI=1S/C11H15NO3S2/c1-8-9(2)17(14,15)7-5-12(8)11(13)10-4-3-6-16-10/h3-4,6,8-9H,5,7H2,1-2H3. The maximum absolute atomic E-state index is 12.2. The van der Waals surface area contributed by atoms with Crippen LogP contribution < -0.4 is 0 Å². The molecule has 2 atom stereocenters. The summed E-state index contributed by atoms with van der Waals surface area (Å²) >= 11 is 1.39. The molecule has 0 bridgehead atoms. The van der Waals surface area contributed by atoms with Crippen LogP contribution in [0.2, 0.25) is 0 Å². The Morgan fingerprint density at radius 2 is 2.18 bits per heavy atom. The number of rotatable bonds is 1. The molecule has 2 rings (SSSR count). The van der Waals surface area contributed by atoms with Crippen LogP contribution in [0.4, 0.5) is 0 Å². The van der Waals surface area contributed by atoms with Crippen LogP contribution in [0.5, 0.6) is 0 Å². The van der Waals surface area contributed by atoms with Gasteiger partial charge in [-0.3, -0.25) is 4.79 Å². The maximum atomic E-state index is 12.2. The van der Waals surface area contributed by atoms with Gasteiger partial charge in [0.05, 0.1) is 15.9 Å². The smallest absolute Gasteiger partial charge is 0.264 e. The molecule has 1 aromatic heterocycles. The predicted octanol–water partition coefficient (Wildman–Crippen LogP) is 1.40. The SMILES string of the molecule is CC1C(C)S(=O)(=O)CCN1C(=O)c1cccs1. The van der Waals surface area contributed by atoms with Crippen LogP contribution in [0, 0.1) is 0 Å². The molecule has 1 aromatic rings. The summed E-state index contributed by atoms with van der Waals surface area (Å²) < 4.78 is 23.4. The van der Waals surface area contributed by atoms with Crippen LogP contribution in [0.15, 0.2) is 17.5 Å². The molecule has 6 heteroatoms. The Balaban J connectivity index is 2.22.